The van der Waals surface area contributed by atoms with Crippen molar-refractivity contribution in [2.45, 2.75) is 25.3 Å². The highest BCUT2D eigenvalue weighted by Gasteiger charge is 2.40. The predicted molar refractivity (Wildman–Crippen MR) is 94.0 cm³/mol. The smallest absolute Gasteiger partial charge is 0.267 e. The highest BCUT2D eigenvalue weighted by molar-refractivity contribution is 5.83. The molecule has 0 aliphatic carbocycles. The minimum Gasteiger partial charge on any atom is -0.335 e. The third kappa shape index (κ3) is 3.79. The number of carbonyl (C=O) groups excluding carboxylic acids is 1. The van der Waals surface area contributed by atoms with Gasteiger partial charge in [-0.05, 0) is 23.8 Å². The van der Waals surface area contributed by atoms with E-state index < -0.39 is 36.2 Å². The van der Waals surface area contributed by atoms with Crippen LogP contribution in [-0.4, -0.2) is 44.6 Å². The zero-order chi connectivity index (χ0) is 20.8. The molecule has 1 aromatic carbocycles. The summed E-state index contributed by atoms with van der Waals surface area (Å²) in [5.74, 6) is -4.39. The van der Waals surface area contributed by atoms with Gasteiger partial charge in [-0.15, -0.1) is 0 Å². The molecular weight excluding hydrogens is 395 g/mol. The van der Waals surface area contributed by atoms with Crippen LogP contribution in [0, 0.1) is 5.82 Å². The molecule has 1 aliphatic heterocycles. The lowest BCUT2D eigenvalue weighted by Crippen LogP contribution is -2.34. The average Bonchev–Trinajstić information content (AvgIpc) is 3.24. The summed E-state index contributed by atoms with van der Waals surface area (Å²) >= 11 is 0. The highest BCUT2D eigenvalue weighted by Crippen LogP contribution is 2.30. The van der Waals surface area contributed by atoms with Crippen LogP contribution in [0.4, 0.5) is 22.0 Å². The standard InChI is InChI=1S/C19H15F5N4O/c20-14-2-1-11(5-13(14)18(21)22)12-6-16-15(25-7-12)8-26-28(16)9-17(29)27-4-3-19(23,24)10-27/h1-2,5-8,18H,3-4,9-10H2. The van der Waals surface area contributed by atoms with Crippen molar-refractivity contribution in [3.05, 3.63) is 48.0 Å². The normalized spacial score (nSPS) is 16.1. The summed E-state index contributed by atoms with van der Waals surface area (Å²) in [4.78, 5) is 17.6. The van der Waals surface area contributed by atoms with Gasteiger partial charge in [-0.1, -0.05) is 6.07 Å². The first kappa shape index (κ1) is 19.3. The number of pyridine rings is 1. The number of nitrogens with zero attached hydrogens (tertiary/aromatic N) is 4. The fraction of sp³-hybridized carbons (Fsp3) is 0.316. The highest BCUT2D eigenvalue weighted by atomic mass is 19.3. The first-order valence-corrected chi connectivity index (χ1v) is 8.79. The maximum Gasteiger partial charge on any atom is 0.267 e. The van der Waals surface area contributed by atoms with Crippen molar-refractivity contribution in [1.29, 1.82) is 0 Å². The number of hydrogen-bond acceptors (Lipinski definition) is 3. The summed E-state index contributed by atoms with van der Waals surface area (Å²) < 4.78 is 67.5. The number of carbonyl (C=O) groups is 1. The van der Waals surface area contributed by atoms with E-state index in [1.165, 1.54) is 23.1 Å². The van der Waals surface area contributed by atoms with Gasteiger partial charge in [-0.2, -0.15) is 5.10 Å². The quantitative estimate of drug-likeness (QED) is 0.610. The van der Waals surface area contributed by atoms with Gasteiger partial charge in [0.15, 0.2) is 0 Å². The fourth-order valence-corrected chi connectivity index (χ4v) is 3.31. The predicted octanol–water partition coefficient (Wildman–Crippen LogP) is 4.04. The molecule has 3 aromatic rings. The monoisotopic (exact) mass is 410 g/mol. The van der Waals surface area contributed by atoms with Crippen molar-refractivity contribution < 1.29 is 26.7 Å². The van der Waals surface area contributed by atoms with Crippen molar-refractivity contribution in [2.24, 2.45) is 0 Å². The van der Waals surface area contributed by atoms with Gasteiger partial charge in [-0.25, -0.2) is 22.0 Å². The van der Waals surface area contributed by atoms with Crippen LogP contribution >= 0.6 is 0 Å². The van der Waals surface area contributed by atoms with Crippen molar-refractivity contribution >= 4 is 16.9 Å². The molecule has 1 aliphatic rings. The Bertz CT molecular complexity index is 1080. The molecule has 0 atom stereocenters. The number of alkyl halides is 4. The van der Waals surface area contributed by atoms with Crippen LogP contribution in [-0.2, 0) is 11.3 Å². The summed E-state index contributed by atoms with van der Waals surface area (Å²) in [5, 5.41) is 4.08. The molecule has 1 amide bonds. The molecule has 0 radical (unpaired) electrons. The van der Waals surface area contributed by atoms with E-state index in [4.69, 9.17) is 0 Å². The zero-order valence-electron chi connectivity index (χ0n) is 15.0. The number of likely N-dealkylation sites (tertiary alicyclic amines) is 1. The van der Waals surface area contributed by atoms with E-state index in [-0.39, 0.29) is 19.5 Å². The minimum absolute atomic E-state index is 0.0273. The zero-order valence-corrected chi connectivity index (χ0v) is 15.0. The maximum atomic E-state index is 13.5. The number of hydrogen-bond donors (Lipinski definition) is 0. The van der Waals surface area contributed by atoms with E-state index >= 15 is 0 Å². The number of rotatable bonds is 4. The molecule has 4 rings (SSSR count). The topological polar surface area (TPSA) is 51.0 Å². The Kier molecular flexibility index (Phi) is 4.71. The van der Waals surface area contributed by atoms with Crippen molar-refractivity contribution in [2.75, 3.05) is 13.1 Å². The SMILES string of the molecule is O=C(Cn1ncc2ncc(-c3ccc(F)c(C(F)F)c3)cc21)N1CCC(F)(F)C1. The first-order chi connectivity index (χ1) is 13.7. The second-order valence-electron chi connectivity index (χ2n) is 6.89. The Morgan fingerprint density at radius 2 is 1.97 bits per heavy atom. The Morgan fingerprint density at radius 3 is 2.66 bits per heavy atom. The molecule has 0 bridgehead atoms. The summed E-state index contributed by atoms with van der Waals surface area (Å²) in [6, 6.07) is 4.93. The van der Waals surface area contributed by atoms with E-state index in [1.54, 1.807) is 6.07 Å². The second-order valence-corrected chi connectivity index (χ2v) is 6.89. The van der Waals surface area contributed by atoms with Gasteiger partial charge in [0.05, 0.1) is 23.8 Å². The van der Waals surface area contributed by atoms with Crippen LogP contribution in [0.2, 0.25) is 0 Å². The molecule has 152 valence electrons. The van der Waals surface area contributed by atoms with Crippen LogP contribution in [0.3, 0.4) is 0 Å². The lowest BCUT2D eigenvalue weighted by atomic mass is 10.0. The molecule has 1 fully saturated rings. The van der Waals surface area contributed by atoms with Crippen LogP contribution in [0.25, 0.3) is 22.2 Å². The molecule has 0 spiro atoms. The molecular formula is C19H15F5N4O. The van der Waals surface area contributed by atoms with E-state index in [9.17, 15) is 26.7 Å². The number of fused-ring (bicyclic) bond motifs is 1. The number of halogens is 5. The average molecular weight is 410 g/mol. The molecule has 5 nitrogen and oxygen atoms in total. The van der Waals surface area contributed by atoms with Crippen LogP contribution in [0.5, 0.6) is 0 Å². The van der Waals surface area contributed by atoms with Gasteiger partial charge in [0.25, 0.3) is 12.3 Å². The number of amides is 1. The molecule has 10 heteroatoms. The van der Waals surface area contributed by atoms with E-state index in [0.717, 1.165) is 17.0 Å². The minimum atomic E-state index is -2.96. The maximum absolute atomic E-state index is 13.5. The van der Waals surface area contributed by atoms with Gasteiger partial charge < -0.3 is 4.90 Å². The largest absolute Gasteiger partial charge is 0.335 e. The van der Waals surface area contributed by atoms with Crippen LogP contribution in [0.1, 0.15) is 18.4 Å². The van der Waals surface area contributed by atoms with Gasteiger partial charge >= 0.3 is 0 Å². The fourth-order valence-electron chi connectivity index (χ4n) is 3.31. The lowest BCUT2D eigenvalue weighted by molar-refractivity contribution is -0.132. The van der Waals surface area contributed by atoms with Gasteiger partial charge in [0.2, 0.25) is 5.91 Å². The van der Waals surface area contributed by atoms with Crippen molar-refractivity contribution in [3.63, 3.8) is 0 Å². The summed E-state index contributed by atoms with van der Waals surface area (Å²) in [5.41, 5.74) is 0.922. The first-order valence-electron chi connectivity index (χ1n) is 8.79. The third-order valence-electron chi connectivity index (χ3n) is 4.87. The molecule has 3 heterocycles. The van der Waals surface area contributed by atoms with E-state index in [0.29, 0.717) is 22.2 Å². The Labute approximate surface area is 161 Å². The van der Waals surface area contributed by atoms with Gasteiger partial charge in [0, 0.05) is 24.7 Å². The number of benzene rings is 1. The Morgan fingerprint density at radius 1 is 1.17 bits per heavy atom. The van der Waals surface area contributed by atoms with Crippen molar-refractivity contribution in [3.8, 4) is 11.1 Å². The molecule has 0 unspecified atom stereocenters. The summed E-state index contributed by atoms with van der Waals surface area (Å²) in [6.45, 7) is -0.905. The molecule has 1 saturated heterocycles. The van der Waals surface area contributed by atoms with Crippen LogP contribution in [0.15, 0.2) is 36.7 Å². The lowest BCUT2D eigenvalue weighted by Gasteiger charge is -2.16. The van der Waals surface area contributed by atoms with Crippen LogP contribution < -0.4 is 0 Å². The number of aromatic nitrogens is 3. The van der Waals surface area contributed by atoms with E-state index in [2.05, 4.69) is 10.1 Å². The summed E-state index contributed by atoms with van der Waals surface area (Å²) in [7, 11) is 0. The van der Waals surface area contributed by atoms with Gasteiger partial charge in [-0.3, -0.25) is 14.5 Å². The van der Waals surface area contributed by atoms with Gasteiger partial charge in [0.1, 0.15) is 17.9 Å². The third-order valence-corrected chi connectivity index (χ3v) is 4.87. The molecule has 2 aromatic heterocycles. The Balaban J connectivity index is 1.63. The molecule has 29 heavy (non-hydrogen) atoms. The summed E-state index contributed by atoms with van der Waals surface area (Å²) in [6.07, 6.45) is -0.491. The Hall–Kier alpha value is -3.04. The second kappa shape index (κ2) is 7.09. The molecule has 0 saturated carbocycles. The molecule has 0 N–H and O–H groups in total. The van der Waals surface area contributed by atoms with Crippen molar-refractivity contribution in [1.82, 2.24) is 19.7 Å². The van der Waals surface area contributed by atoms with E-state index in [1.807, 2.05) is 0 Å².